The van der Waals surface area contributed by atoms with E-state index in [9.17, 15) is 18.0 Å². The SMILES string of the molecule is CSCC[C@H](NC(=O)N1CCN(S(C)(=O)=O)CC1)C(=O)O. The number of hydrogen-bond acceptors (Lipinski definition) is 5. The second kappa shape index (κ2) is 7.85. The summed E-state index contributed by atoms with van der Waals surface area (Å²) in [6.45, 7) is 0.977. The third-order valence-corrected chi connectivity index (χ3v) is 5.15. The average molecular weight is 339 g/mol. The summed E-state index contributed by atoms with van der Waals surface area (Å²) >= 11 is 1.51. The van der Waals surface area contributed by atoms with Crippen LogP contribution >= 0.6 is 11.8 Å². The van der Waals surface area contributed by atoms with Gasteiger partial charge in [0.05, 0.1) is 6.26 Å². The van der Waals surface area contributed by atoms with Gasteiger partial charge in [0.15, 0.2) is 0 Å². The standard InChI is InChI=1S/C11H21N3O5S2/c1-20-8-3-9(10(15)16)12-11(17)13-4-6-14(7-5-13)21(2,18)19/h9H,3-8H2,1-2H3,(H,12,17)(H,15,16)/t9-/m0/s1. The smallest absolute Gasteiger partial charge is 0.326 e. The van der Waals surface area contributed by atoms with Gasteiger partial charge in [-0.25, -0.2) is 18.0 Å². The largest absolute Gasteiger partial charge is 0.480 e. The summed E-state index contributed by atoms with van der Waals surface area (Å²) < 4.78 is 24.1. The van der Waals surface area contributed by atoms with Crippen LogP contribution in [0.15, 0.2) is 0 Å². The van der Waals surface area contributed by atoms with Crippen LogP contribution in [0.1, 0.15) is 6.42 Å². The topological polar surface area (TPSA) is 107 Å². The number of urea groups is 1. The number of sulfonamides is 1. The number of nitrogens with one attached hydrogen (secondary N) is 1. The number of thioether (sulfide) groups is 1. The van der Waals surface area contributed by atoms with Crippen LogP contribution in [0.2, 0.25) is 0 Å². The summed E-state index contributed by atoms with van der Waals surface area (Å²) in [5.74, 6) is -0.425. The van der Waals surface area contributed by atoms with Gasteiger partial charge in [-0.1, -0.05) is 0 Å². The monoisotopic (exact) mass is 339 g/mol. The molecule has 0 radical (unpaired) electrons. The number of hydrogen-bond donors (Lipinski definition) is 2. The summed E-state index contributed by atoms with van der Waals surface area (Å²) in [5.41, 5.74) is 0. The van der Waals surface area contributed by atoms with Gasteiger partial charge in [-0.15, -0.1) is 0 Å². The Balaban J connectivity index is 2.51. The summed E-state index contributed by atoms with van der Waals surface area (Å²) in [4.78, 5) is 24.5. The van der Waals surface area contributed by atoms with Crippen molar-refractivity contribution in [3.05, 3.63) is 0 Å². The Morgan fingerprint density at radius 2 is 1.86 bits per heavy atom. The number of amides is 2. The molecule has 1 atom stereocenters. The Bertz CT molecular complexity index is 474. The lowest BCUT2D eigenvalue weighted by molar-refractivity contribution is -0.139. The van der Waals surface area contributed by atoms with Crippen molar-refractivity contribution < 1.29 is 23.1 Å². The normalized spacial score (nSPS) is 18.3. The molecular weight excluding hydrogens is 318 g/mol. The summed E-state index contributed by atoms with van der Waals surface area (Å²) in [7, 11) is -3.25. The lowest BCUT2D eigenvalue weighted by Crippen LogP contribution is -2.55. The molecule has 0 saturated carbocycles. The van der Waals surface area contributed by atoms with E-state index in [1.165, 1.54) is 21.0 Å². The van der Waals surface area contributed by atoms with Crippen LogP contribution in [-0.2, 0) is 14.8 Å². The van der Waals surface area contributed by atoms with Gasteiger partial charge in [-0.05, 0) is 18.4 Å². The number of nitrogens with zero attached hydrogens (tertiary/aromatic N) is 2. The lowest BCUT2D eigenvalue weighted by Gasteiger charge is -2.33. The second-order valence-corrected chi connectivity index (χ2v) is 7.74. The van der Waals surface area contributed by atoms with Crippen LogP contribution in [-0.4, -0.2) is 85.2 Å². The molecule has 0 bridgehead atoms. The quantitative estimate of drug-likeness (QED) is 0.674. The maximum absolute atomic E-state index is 12.0. The first-order valence-electron chi connectivity index (χ1n) is 6.48. The van der Waals surface area contributed by atoms with Crippen molar-refractivity contribution >= 4 is 33.8 Å². The van der Waals surface area contributed by atoms with E-state index in [4.69, 9.17) is 5.11 Å². The molecule has 1 fully saturated rings. The highest BCUT2D eigenvalue weighted by Gasteiger charge is 2.28. The van der Waals surface area contributed by atoms with E-state index in [2.05, 4.69) is 5.32 Å². The first-order chi connectivity index (χ1) is 9.75. The van der Waals surface area contributed by atoms with Crippen molar-refractivity contribution in [3.63, 3.8) is 0 Å². The molecule has 21 heavy (non-hydrogen) atoms. The molecule has 0 unspecified atom stereocenters. The molecule has 1 saturated heterocycles. The molecule has 1 rings (SSSR count). The zero-order valence-corrected chi connectivity index (χ0v) is 13.7. The molecule has 0 aromatic heterocycles. The van der Waals surface area contributed by atoms with Crippen LogP contribution < -0.4 is 5.32 Å². The Hall–Kier alpha value is -1.00. The number of piperazine rings is 1. The van der Waals surface area contributed by atoms with Crippen molar-refractivity contribution in [2.45, 2.75) is 12.5 Å². The lowest BCUT2D eigenvalue weighted by atomic mass is 10.2. The van der Waals surface area contributed by atoms with Crippen molar-refractivity contribution in [2.75, 3.05) is 44.4 Å². The van der Waals surface area contributed by atoms with Gasteiger partial charge in [-0.2, -0.15) is 16.1 Å². The molecule has 1 heterocycles. The molecule has 1 aliphatic heterocycles. The first-order valence-corrected chi connectivity index (χ1v) is 9.72. The average Bonchev–Trinajstić information content (AvgIpc) is 2.42. The third kappa shape index (κ3) is 5.71. The highest BCUT2D eigenvalue weighted by Crippen LogP contribution is 2.07. The first kappa shape index (κ1) is 18.1. The number of carbonyl (C=O) groups excluding carboxylic acids is 1. The van der Waals surface area contributed by atoms with E-state index < -0.39 is 28.1 Å². The number of rotatable bonds is 6. The van der Waals surface area contributed by atoms with E-state index in [0.29, 0.717) is 12.2 Å². The Morgan fingerprint density at radius 1 is 1.29 bits per heavy atom. The molecule has 0 aliphatic carbocycles. The van der Waals surface area contributed by atoms with Crippen LogP contribution in [0, 0.1) is 0 Å². The van der Waals surface area contributed by atoms with Crippen LogP contribution in [0.25, 0.3) is 0 Å². The van der Waals surface area contributed by atoms with Crippen LogP contribution in [0.5, 0.6) is 0 Å². The van der Waals surface area contributed by atoms with Crippen molar-refractivity contribution in [3.8, 4) is 0 Å². The highest BCUT2D eigenvalue weighted by atomic mass is 32.2. The Kier molecular flexibility index (Phi) is 6.75. The maximum atomic E-state index is 12.0. The summed E-state index contributed by atoms with van der Waals surface area (Å²) in [5, 5.41) is 11.5. The molecule has 1 aliphatic rings. The molecule has 10 heteroatoms. The van der Waals surface area contributed by atoms with Gasteiger partial charge in [0.1, 0.15) is 6.04 Å². The summed E-state index contributed by atoms with van der Waals surface area (Å²) in [6, 6.07) is -1.38. The van der Waals surface area contributed by atoms with Gasteiger partial charge >= 0.3 is 12.0 Å². The minimum Gasteiger partial charge on any atom is -0.480 e. The molecule has 0 aromatic rings. The van der Waals surface area contributed by atoms with E-state index in [0.717, 1.165) is 6.26 Å². The van der Waals surface area contributed by atoms with Crippen molar-refractivity contribution in [2.24, 2.45) is 0 Å². The van der Waals surface area contributed by atoms with E-state index in [1.807, 2.05) is 6.26 Å². The number of carboxylic acids is 1. The van der Waals surface area contributed by atoms with Gasteiger partial charge in [0, 0.05) is 26.2 Å². The number of aliphatic carboxylic acids is 1. The number of carbonyl (C=O) groups is 2. The molecular formula is C11H21N3O5S2. The molecule has 8 nitrogen and oxygen atoms in total. The zero-order valence-electron chi connectivity index (χ0n) is 12.1. The van der Waals surface area contributed by atoms with Gasteiger partial charge in [-0.3, -0.25) is 0 Å². The Labute approximate surface area is 128 Å². The molecule has 0 spiro atoms. The fourth-order valence-electron chi connectivity index (χ4n) is 1.96. The van der Waals surface area contributed by atoms with Gasteiger partial charge in [0.2, 0.25) is 10.0 Å². The third-order valence-electron chi connectivity index (χ3n) is 3.20. The minimum atomic E-state index is -3.25. The van der Waals surface area contributed by atoms with Gasteiger partial charge in [0.25, 0.3) is 0 Å². The molecule has 2 amide bonds. The van der Waals surface area contributed by atoms with Crippen LogP contribution in [0.3, 0.4) is 0 Å². The maximum Gasteiger partial charge on any atom is 0.326 e. The fraction of sp³-hybridized carbons (Fsp3) is 0.818. The fourth-order valence-corrected chi connectivity index (χ4v) is 3.25. The van der Waals surface area contributed by atoms with Crippen molar-refractivity contribution in [1.29, 1.82) is 0 Å². The van der Waals surface area contributed by atoms with Crippen LogP contribution in [0.4, 0.5) is 4.79 Å². The minimum absolute atomic E-state index is 0.231. The molecule has 122 valence electrons. The van der Waals surface area contributed by atoms with Crippen molar-refractivity contribution in [1.82, 2.24) is 14.5 Å². The molecule has 0 aromatic carbocycles. The second-order valence-electron chi connectivity index (χ2n) is 4.77. The Morgan fingerprint density at radius 3 is 2.29 bits per heavy atom. The zero-order chi connectivity index (χ0) is 16.0. The number of carboxylic acid groups (broad SMARTS) is 1. The van der Waals surface area contributed by atoms with E-state index >= 15 is 0 Å². The van der Waals surface area contributed by atoms with E-state index in [-0.39, 0.29) is 26.2 Å². The predicted molar refractivity (Wildman–Crippen MR) is 80.9 cm³/mol. The predicted octanol–water partition coefficient (Wildman–Crippen LogP) is -0.520. The van der Waals surface area contributed by atoms with Gasteiger partial charge < -0.3 is 15.3 Å². The summed E-state index contributed by atoms with van der Waals surface area (Å²) in [6.07, 6.45) is 3.35. The highest BCUT2D eigenvalue weighted by molar-refractivity contribution is 7.98. The van der Waals surface area contributed by atoms with E-state index in [1.54, 1.807) is 0 Å². The molecule has 2 N–H and O–H groups in total.